The molecule has 252 valence electrons. The Morgan fingerprint density at radius 1 is 1.02 bits per heavy atom. The van der Waals surface area contributed by atoms with Gasteiger partial charge in [-0.15, -0.1) is 0 Å². The summed E-state index contributed by atoms with van der Waals surface area (Å²) in [6, 6.07) is -0.237. The van der Waals surface area contributed by atoms with Crippen molar-refractivity contribution in [1.29, 1.82) is 0 Å². The van der Waals surface area contributed by atoms with Gasteiger partial charge in [-0.05, 0) is 67.5 Å². The van der Waals surface area contributed by atoms with Crippen molar-refractivity contribution in [1.82, 2.24) is 4.90 Å². The summed E-state index contributed by atoms with van der Waals surface area (Å²) in [4.78, 5) is 29.3. The third kappa shape index (κ3) is 8.35. The van der Waals surface area contributed by atoms with Crippen LogP contribution in [0.5, 0.6) is 0 Å². The summed E-state index contributed by atoms with van der Waals surface area (Å²) in [6.07, 6.45) is -4.23. The van der Waals surface area contributed by atoms with Gasteiger partial charge in [0.15, 0.2) is 6.29 Å². The summed E-state index contributed by atoms with van der Waals surface area (Å²) in [5, 5.41) is 44.4. The Morgan fingerprint density at radius 2 is 1.63 bits per heavy atom. The Balaban J connectivity index is 2.64. The lowest BCUT2D eigenvalue weighted by Gasteiger charge is -2.48. The summed E-state index contributed by atoms with van der Waals surface area (Å²) in [5.41, 5.74) is -2.78. The van der Waals surface area contributed by atoms with Gasteiger partial charge >= 0.3 is 5.97 Å². The Kier molecular flexibility index (Phi) is 13.6. The molecule has 0 aromatic heterocycles. The Morgan fingerprint density at radius 3 is 2.14 bits per heavy atom. The molecule has 2 aliphatic heterocycles. The molecule has 11 nitrogen and oxygen atoms in total. The number of likely N-dealkylation sites (N-methyl/N-ethyl adjacent to an activating group) is 1. The first-order valence-corrected chi connectivity index (χ1v) is 15.8. The third-order valence-corrected chi connectivity index (χ3v) is 10.2. The first kappa shape index (κ1) is 38.0. The van der Waals surface area contributed by atoms with Crippen LogP contribution in [0.25, 0.3) is 0 Å². The average molecular weight is 618 g/mol. The van der Waals surface area contributed by atoms with Crippen LogP contribution < -0.4 is 0 Å². The number of methoxy groups -OCH3 is 1. The van der Waals surface area contributed by atoms with Crippen molar-refractivity contribution in [2.45, 2.75) is 135 Å². The second-order valence-electron chi connectivity index (χ2n) is 13.8. The number of aliphatic hydroxyl groups is 4. The van der Waals surface area contributed by atoms with Gasteiger partial charge in [-0.2, -0.15) is 0 Å². The lowest BCUT2D eigenvalue weighted by molar-refractivity contribution is -0.301. The molecule has 0 bridgehead atoms. The predicted molar refractivity (Wildman–Crippen MR) is 161 cm³/mol. The van der Waals surface area contributed by atoms with Gasteiger partial charge in [0, 0.05) is 43.4 Å². The number of hydrogen-bond acceptors (Lipinski definition) is 11. The van der Waals surface area contributed by atoms with E-state index in [0.29, 0.717) is 6.42 Å². The maximum absolute atomic E-state index is 13.9. The molecule has 0 aromatic carbocycles. The zero-order chi connectivity index (χ0) is 33.0. The van der Waals surface area contributed by atoms with Gasteiger partial charge < -0.3 is 44.3 Å². The summed E-state index contributed by atoms with van der Waals surface area (Å²) < 4.78 is 24.5. The fraction of sp³-hybridized carbons (Fsp3) is 0.938. The van der Waals surface area contributed by atoms with E-state index < -0.39 is 77.5 Å². The van der Waals surface area contributed by atoms with Crippen LogP contribution in [0, 0.1) is 29.6 Å². The molecule has 2 fully saturated rings. The summed E-state index contributed by atoms with van der Waals surface area (Å²) in [6.45, 7) is 13.6. The second-order valence-corrected chi connectivity index (χ2v) is 13.8. The van der Waals surface area contributed by atoms with Crippen molar-refractivity contribution in [3.63, 3.8) is 0 Å². The Bertz CT molecular complexity index is 915. The fourth-order valence-corrected chi connectivity index (χ4v) is 7.36. The van der Waals surface area contributed by atoms with Crippen LogP contribution in [-0.4, -0.2) is 119 Å². The monoisotopic (exact) mass is 617 g/mol. The molecular weight excluding hydrogens is 558 g/mol. The zero-order valence-corrected chi connectivity index (χ0v) is 28.1. The number of Topliss-reactive ketones (excluding diaryl/α,β-unsaturated/α-hetero) is 1. The molecule has 2 rings (SSSR count). The average Bonchev–Trinajstić information content (AvgIpc) is 2.95. The maximum atomic E-state index is 13.9. The molecule has 0 saturated carbocycles. The van der Waals surface area contributed by atoms with Crippen LogP contribution >= 0.6 is 0 Å². The van der Waals surface area contributed by atoms with Crippen LogP contribution in [0.1, 0.15) is 81.1 Å². The standard InChI is InChI=1S/C32H59NO10/c1-12-24-32(8,39)22(13-14-34)19(4)25(35)17(2)16-31(7,40-11)28(20(5)26(36)21(6)29(38)42-24)43-30-27(37)23(33(9)10)15-18(3)41-30/h17-24,26-28,30,34,36-37,39H,12-16H2,1-11H3/t17-,18-,19?,20-,21-,22+,23+,24-,26+,27-,28-,30+,31-,32+/m1/s1. The van der Waals surface area contributed by atoms with Gasteiger partial charge in [0.05, 0.1) is 29.8 Å². The van der Waals surface area contributed by atoms with E-state index in [4.69, 9.17) is 18.9 Å². The minimum atomic E-state index is -1.62. The van der Waals surface area contributed by atoms with Crippen molar-refractivity contribution in [2.24, 2.45) is 29.6 Å². The largest absolute Gasteiger partial charge is 0.459 e. The molecule has 11 heteroatoms. The number of esters is 1. The summed E-state index contributed by atoms with van der Waals surface area (Å²) in [5.74, 6) is -4.54. The molecule has 0 amide bonds. The minimum Gasteiger partial charge on any atom is -0.459 e. The van der Waals surface area contributed by atoms with E-state index in [2.05, 4.69) is 0 Å². The molecule has 1 unspecified atom stereocenters. The molecule has 4 N–H and O–H groups in total. The molecule has 0 aliphatic carbocycles. The van der Waals surface area contributed by atoms with Crippen LogP contribution in [-0.2, 0) is 28.5 Å². The van der Waals surface area contributed by atoms with Crippen LogP contribution in [0.3, 0.4) is 0 Å². The second kappa shape index (κ2) is 15.4. The number of rotatable bonds is 7. The highest BCUT2D eigenvalue weighted by atomic mass is 16.7. The van der Waals surface area contributed by atoms with Gasteiger partial charge in [0.2, 0.25) is 0 Å². The van der Waals surface area contributed by atoms with Gasteiger partial charge in [0.1, 0.15) is 23.6 Å². The van der Waals surface area contributed by atoms with Gasteiger partial charge in [0.25, 0.3) is 0 Å². The molecule has 14 atom stereocenters. The summed E-state index contributed by atoms with van der Waals surface area (Å²) >= 11 is 0. The molecule has 43 heavy (non-hydrogen) atoms. The molecule has 0 radical (unpaired) electrons. The third-order valence-electron chi connectivity index (χ3n) is 10.2. The van der Waals surface area contributed by atoms with Crippen LogP contribution in [0.4, 0.5) is 0 Å². The smallest absolute Gasteiger partial charge is 0.311 e. The van der Waals surface area contributed by atoms with Gasteiger partial charge in [-0.25, -0.2) is 0 Å². The van der Waals surface area contributed by atoms with E-state index >= 15 is 0 Å². The number of carbonyl (C=O) groups excluding carboxylic acids is 2. The van der Waals surface area contributed by atoms with E-state index in [9.17, 15) is 30.0 Å². The minimum absolute atomic E-state index is 0.130. The van der Waals surface area contributed by atoms with Crippen molar-refractivity contribution in [3.05, 3.63) is 0 Å². The highest BCUT2D eigenvalue weighted by molar-refractivity contribution is 5.83. The number of aliphatic hydroxyl groups excluding tert-OH is 3. The lowest BCUT2D eigenvalue weighted by atomic mass is 9.69. The van der Waals surface area contributed by atoms with Crippen molar-refractivity contribution >= 4 is 11.8 Å². The number of hydrogen-bond donors (Lipinski definition) is 4. The van der Waals surface area contributed by atoms with Crippen LogP contribution in [0.15, 0.2) is 0 Å². The lowest BCUT2D eigenvalue weighted by Crippen LogP contribution is -2.60. The Labute approximate surface area is 258 Å². The van der Waals surface area contributed by atoms with E-state index in [1.807, 2.05) is 25.9 Å². The summed E-state index contributed by atoms with van der Waals surface area (Å²) in [7, 11) is 5.26. The fourth-order valence-electron chi connectivity index (χ4n) is 7.36. The van der Waals surface area contributed by atoms with Crippen molar-refractivity contribution in [2.75, 3.05) is 27.8 Å². The predicted octanol–water partition coefficient (Wildman–Crippen LogP) is 2.15. The van der Waals surface area contributed by atoms with E-state index in [1.165, 1.54) is 7.11 Å². The number of carbonyl (C=O) groups is 2. The number of cyclic esters (lactones) is 1. The van der Waals surface area contributed by atoms with Crippen molar-refractivity contribution in [3.8, 4) is 0 Å². The SMILES string of the molecule is CC[C@H]1OC(=O)[C@H](C)[C@@H](O)[C@@H](C)[C@@H](O[C@@H]2O[C@H](C)C[C@H](N(C)C)[C@H]2O)[C@](C)(OC)C[C@@H](C)C(=O)C(C)[C@H](CCO)[C@]1(C)O. The molecule has 2 saturated heterocycles. The first-order valence-electron chi connectivity index (χ1n) is 15.8. The molecule has 2 aliphatic rings. The Hall–Kier alpha value is -1.18. The van der Waals surface area contributed by atoms with Crippen molar-refractivity contribution < 1.29 is 49.0 Å². The molecule has 0 spiro atoms. The van der Waals surface area contributed by atoms with E-state index in [-0.39, 0.29) is 43.8 Å². The number of ketones is 1. The molecular formula is C32H59NO10. The van der Waals surface area contributed by atoms with Gasteiger partial charge in [-0.1, -0.05) is 27.7 Å². The highest BCUT2D eigenvalue weighted by Crippen LogP contribution is 2.41. The first-order chi connectivity index (χ1) is 19.9. The topological polar surface area (TPSA) is 155 Å². The van der Waals surface area contributed by atoms with Crippen LogP contribution in [0.2, 0.25) is 0 Å². The van der Waals surface area contributed by atoms with E-state index in [1.54, 1.807) is 48.5 Å². The highest BCUT2D eigenvalue weighted by Gasteiger charge is 2.51. The number of ether oxygens (including phenoxy) is 4. The van der Waals surface area contributed by atoms with E-state index in [0.717, 1.165) is 0 Å². The molecule has 0 aromatic rings. The number of nitrogens with zero attached hydrogens (tertiary/aromatic N) is 1. The van der Waals surface area contributed by atoms with Gasteiger partial charge in [-0.3, -0.25) is 9.59 Å². The quantitative estimate of drug-likeness (QED) is 0.311. The maximum Gasteiger partial charge on any atom is 0.311 e. The normalized spacial score (nSPS) is 46.0. The molecule has 2 heterocycles. The zero-order valence-electron chi connectivity index (χ0n) is 28.1.